The smallest absolute Gasteiger partial charge is 0.410 e. The summed E-state index contributed by atoms with van der Waals surface area (Å²) >= 11 is 0. The van der Waals surface area contributed by atoms with Gasteiger partial charge in [-0.05, 0) is 6.42 Å². The first kappa shape index (κ1) is 11.5. The number of amides is 1. The van der Waals surface area contributed by atoms with E-state index in [1.165, 1.54) is 6.08 Å². The number of nitrogens with two attached hydrogens (primary N) is 1. The normalized spacial score (nSPS) is 25.0. The minimum Gasteiger partial charge on any atom is -0.480 e. The zero-order chi connectivity index (χ0) is 11.4. The van der Waals surface area contributed by atoms with Gasteiger partial charge in [0.1, 0.15) is 12.6 Å². The highest BCUT2D eigenvalue weighted by Gasteiger charge is 2.38. The molecule has 1 fully saturated rings. The Morgan fingerprint density at radius 1 is 1.67 bits per heavy atom. The van der Waals surface area contributed by atoms with Gasteiger partial charge in [-0.2, -0.15) is 0 Å². The molecule has 1 aliphatic heterocycles. The van der Waals surface area contributed by atoms with Crippen molar-refractivity contribution in [3.05, 3.63) is 12.7 Å². The molecule has 84 valence electrons. The van der Waals surface area contributed by atoms with Gasteiger partial charge in [-0.25, -0.2) is 9.59 Å². The van der Waals surface area contributed by atoms with Crippen molar-refractivity contribution in [1.82, 2.24) is 4.90 Å². The highest BCUT2D eigenvalue weighted by molar-refractivity contribution is 5.81. The van der Waals surface area contributed by atoms with Crippen LogP contribution in [-0.2, 0) is 9.53 Å². The summed E-state index contributed by atoms with van der Waals surface area (Å²) in [5.74, 6) is -1.06. The average Bonchev–Trinajstić information content (AvgIpc) is 2.57. The molecule has 0 unspecified atom stereocenters. The molecule has 15 heavy (non-hydrogen) atoms. The van der Waals surface area contributed by atoms with Crippen LogP contribution < -0.4 is 5.73 Å². The molecule has 1 rings (SSSR count). The lowest BCUT2D eigenvalue weighted by Crippen LogP contribution is -2.41. The number of aliphatic carboxylic acids is 1. The van der Waals surface area contributed by atoms with Gasteiger partial charge in [0.2, 0.25) is 0 Å². The molecule has 6 nitrogen and oxygen atoms in total. The molecular weight excluding hydrogens is 200 g/mol. The Kier molecular flexibility index (Phi) is 3.68. The summed E-state index contributed by atoms with van der Waals surface area (Å²) in [5, 5.41) is 8.85. The van der Waals surface area contributed by atoms with Crippen LogP contribution in [0.5, 0.6) is 0 Å². The molecule has 0 aromatic carbocycles. The Morgan fingerprint density at radius 3 is 2.87 bits per heavy atom. The number of hydrogen-bond acceptors (Lipinski definition) is 4. The van der Waals surface area contributed by atoms with E-state index in [2.05, 4.69) is 6.58 Å². The van der Waals surface area contributed by atoms with E-state index in [9.17, 15) is 9.59 Å². The van der Waals surface area contributed by atoms with Crippen molar-refractivity contribution in [2.45, 2.75) is 18.5 Å². The lowest BCUT2D eigenvalue weighted by atomic mass is 10.2. The quantitative estimate of drug-likeness (QED) is 0.634. The van der Waals surface area contributed by atoms with Crippen LogP contribution in [0.1, 0.15) is 6.42 Å². The molecule has 0 aliphatic carbocycles. The first-order chi connectivity index (χ1) is 7.06. The summed E-state index contributed by atoms with van der Waals surface area (Å²) in [4.78, 5) is 23.3. The Morgan fingerprint density at radius 2 is 2.33 bits per heavy atom. The molecular formula is C9H14N2O4. The molecule has 1 heterocycles. The van der Waals surface area contributed by atoms with Crippen molar-refractivity contribution < 1.29 is 19.4 Å². The van der Waals surface area contributed by atoms with Gasteiger partial charge in [0.25, 0.3) is 0 Å². The molecule has 1 amide bonds. The first-order valence-corrected chi connectivity index (χ1v) is 4.59. The lowest BCUT2D eigenvalue weighted by Gasteiger charge is -2.19. The van der Waals surface area contributed by atoms with E-state index >= 15 is 0 Å². The number of carbonyl (C=O) groups is 2. The topological polar surface area (TPSA) is 92.9 Å². The highest BCUT2D eigenvalue weighted by atomic mass is 16.6. The second-order valence-electron chi connectivity index (χ2n) is 3.37. The fourth-order valence-electron chi connectivity index (χ4n) is 1.52. The summed E-state index contributed by atoms with van der Waals surface area (Å²) in [7, 11) is 0. The molecule has 0 radical (unpaired) electrons. The van der Waals surface area contributed by atoms with Gasteiger partial charge >= 0.3 is 12.1 Å². The SMILES string of the molecule is C=CCOC(=O)N1C[C@H](N)C[C@H]1C(=O)O. The second kappa shape index (κ2) is 4.79. The summed E-state index contributed by atoms with van der Waals surface area (Å²) in [6.45, 7) is 3.67. The van der Waals surface area contributed by atoms with E-state index in [-0.39, 0.29) is 25.6 Å². The Balaban J connectivity index is 2.62. The number of nitrogens with zero attached hydrogens (tertiary/aromatic N) is 1. The number of carbonyl (C=O) groups excluding carboxylic acids is 1. The van der Waals surface area contributed by atoms with Crippen molar-refractivity contribution in [3.8, 4) is 0 Å². The number of likely N-dealkylation sites (tertiary alicyclic amines) is 1. The maximum Gasteiger partial charge on any atom is 0.410 e. The Labute approximate surface area is 87.3 Å². The van der Waals surface area contributed by atoms with Crippen LogP contribution in [-0.4, -0.2) is 47.3 Å². The van der Waals surface area contributed by atoms with E-state index in [0.29, 0.717) is 0 Å². The third-order valence-corrected chi connectivity index (χ3v) is 2.18. The number of hydrogen-bond donors (Lipinski definition) is 2. The third kappa shape index (κ3) is 2.69. The first-order valence-electron chi connectivity index (χ1n) is 4.59. The highest BCUT2D eigenvalue weighted by Crippen LogP contribution is 2.17. The van der Waals surface area contributed by atoms with E-state index in [1.807, 2.05) is 0 Å². The van der Waals surface area contributed by atoms with Crippen molar-refractivity contribution in [2.75, 3.05) is 13.2 Å². The number of carboxylic acid groups (broad SMARTS) is 1. The predicted molar refractivity (Wildman–Crippen MR) is 52.3 cm³/mol. The summed E-state index contributed by atoms with van der Waals surface area (Å²) in [6, 6.07) is -1.18. The zero-order valence-corrected chi connectivity index (χ0v) is 8.26. The summed E-state index contributed by atoms with van der Waals surface area (Å²) in [6.07, 6.45) is 1.03. The van der Waals surface area contributed by atoms with Gasteiger partial charge in [-0.3, -0.25) is 4.90 Å². The maximum atomic E-state index is 11.4. The largest absolute Gasteiger partial charge is 0.480 e. The molecule has 6 heteroatoms. The zero-order valence-electron chi connectivity index (χ0n) is 8.26. The Hall–Kier alpha value is -1.56. The fraction of sp³-hybridized carbons (Fsp3) is 0.556. The van der Waals surface area contributed by atoms with Crippen molar-refractivity contribution in [1.29, 1.82) is 0 Å². The minimum absolute atomic E-state index is 0.0664. The van der Waals surface area contributed by atoms with Crippen LogP contribution in [0.3, 0.4) is 0 Å². The van der Waals surface area contributed by atoms with E-state index in [1.54, 1.807) is 0 Å². The molecule has 0 aromatic heterocycles. The van der Waals surface area contributed by atoms with Crippen LogP contribution in [0.4, 0.5) is 4.79 Å². The predicted octanol–water partition coefficient (Wildman–Crippen LogP) is -0.205. The van der Waals surface area contributed by atoms with Crippen LogP contribution in [0.15, 0.2) is 12.7 Å². The number of carboxylic acids is 1. The van der Waals surface area contributed by atoms with Gasteiger partial charge in [0.15, 0.2) is 0 Å². The molecule has 3 N–H and O–H groups in total. The average molecular weight is 214 g/mol. The van der Waals surface area contributed by atoms with Crippen molar-refractivity contribution in [3.63, 3.8) is 0 Å². The molecule has 1 saturated heterocycles. The van der Waals surface area contributed by atoms with E-state index < -0.39 is 18.1 Å². The molecule has 1 aliphatic rings. The number of ether oxygens (including phenoxy) is 1. The van der Waals surface area contributed by atoms with Crippen LogP contribution >= 0.6 is 0 Å². The monoisotopic (exact) mass is 214 g/mol. The third-order valence-electron chi connectivity index (χ3n) is 2.18. The van der Waals surface area contributed by atoms with Gasteiger partial charge in [-0.15, -0.1) is 0 Å². The Bertz CT molecular complexity index is 279. The summed E-state index contributed by atoms with van der Waals surface area (Å²) < 4.78 is 4.75. The van der Waals surface area contributed by atoms with Crippen molar-refractivity contribution in [2.24, 2.45) is 5.73 Å². The standard InChI is InChI=1S/C9H14N2O4/c1-2-3-15-9(14)11-5-6(10)4-7(11)8(12)13/h2,6-7H,1,3-5,10H2,(H,12,13)/t6-,7+/m1/s1. The molecule has 0 spiro atoms. The maximum absolute atomic E-state index is 11.4. The van der Waals surface area contributed by atoms with Crippen LogP contribution in [0.2, 0.25) is 0 Å². The molecule has 2 atom stereocenters. The molecule has 0 bridgehead atoms. The van der Waals surface area contributed by atoms with E-state index in [4.69, 9.17) is 15.6 Å². The fourth-order valence-corrected chi connectivity index (χ4v) is 1.52. The summed E-state index contributed by atoms with van der Waals surface area (Å²) in [5.41, 5.74) is 5.59. The number of rotatable bonds is 3. The second-order valence-corrected chi connectivity index (χ2v) is 3.37. The minimum atomic E-state index is -1.06. The van der Waals surface area contributed by atoms with Crippen LogP contribution in [0.25, 0.3) is 0 Å². The van der Waals surface area contributed by atoms with Gasteiger partial charge in [0.05, 0.1) is 0 Å². The molecule has 0 saturated carbocycles. The van der Waals surface area contributed by atoms with Crippen molar-refractivity contribution >= 4 is 12.1 Å². The van der Waals surface area contributed by atoms with Crippen LogP contribution in [0, 0.1) is 0 Å². The van der Waals surface area contributed by atoms with Gasteiger partial charge in [-0.1, -0.05) is 12.7 Å². The van der Waals surface area contributed by atoms with E-state index in [0.717, 1.165) is 4.90 Å². The lowest BCUT2D eigenvalue weighted by molar-refractivity contribution is -0.141. The molecule has 0 aromatic rings. The van der Waals surface area contributed by atoms with Gasteiger partial charge < -0.3 is 15.6 Å². The van der Waals surface area contributed by atoms with Gasteiger partial charge in [0, 0.05) is 12.6 Å².